The molecule has 0 amide bonds. The van der Waals surface area contributed by atoms with Gasteiger partial charge in [0.15, 0.2) is 0 Å². The number of ether oxygens (including phenoxy) is 1. The molecule has 0 aliphatic heterocycles. The highest BCUT2D eigenvalue weighted by Crippen LogP contribution is 2.29. The van der Waals surface area contributed by atoms with Crippen LogP contribution in [0.4, 0.5) is 5.69 Å². The summed E-state index contributed by atoms with van der Waals surface area (Å²) in [7, 11) is 0. The quantitative estimate of drug-likeness (QED) is 0.772. The standard InChI is InChI=1S/C11H15Cl2NO/c1-2-7-15-8-6-14-10-5-3-4-9(12)11(10)13/h3-5,14H,2,6-8H2,1H3. The van der Waals surface area contributed by atoms with Crippen LogP contribution in [0.2, 0.25) is 10.0 Å². The number of halogens is 2. The first-order valence-corrected chi connectivity index (χ1v) is 5.77. The SMILES string of the molecule is CCCOCCNc1cccc(Cl)c1Cl. The Balaban J connectivity index is 2.34. The highest BCUT2D eigenvalue weighted by atomic mass is 35.5. The van der Waals surface area contributed by atoms with Gasteiger partial charge in [0.1, 0.15) is 0 Å². The first kappa shape index (κ1) is 12.6. The molecule has 1 aromatic carbocycles. The summed E-state index contributed by atoms with van der Waals surface area (Å²) < 4.78 is 5.34. The van der Waals surface area contributed by atoms with Crippen molar-refractivity contribution < 1.29 is 4.74 Å². The van der Waals surface area contributed by atoms with E-state index in [4.69, 9.17) is 27.9 Å². The van der Waals surface area contributed by atoms with Gasteiger partial charge in [-0.3, -0.25) is 0 Å². The molecular weight excluding hydrogens is 233 g/mol. The van der Waals surface area contributed by atoms with Crippen molar-refractivity contribution in [3.8, 4) is 0 Å². The number of hydrogen-bond acceptors (Lipinski definition) is 2. The predicted molar refractivity (Wildman–Crippen MR) is 66.1 cm³/mol. The number of benzene rings is 1. The van der Waals surface area contributed by atoms with Gasteiger partial charge < -0.3 is 10.1 Å². The third-order valence-corrected chi connectivity index (χ3v) is 2.68. The van der Waals surface area contributed by atoms with Gasteiger partial charge in [0.05, 0.1) is 22.3 Å². The summed E-state index contributed by atoms with van der Waals surface area (Å²) in [5.41, 5.74) is 0.851. The Morgan fingerprint density at radius 2 is 2.07 bits per heavy atom. The van der Waals surface area contributed by atoms with Crippen LogP contribution in [0, 0.1) is 0 Å². The van der Waals surface area contributed by atoms with Crippen molar-refractivity contribution in [1.82, 2.24) is 0 Å². The lowest BCUT2D eigenvalue weighted by atomic mass is 10.3. The van der Waals surface area contributed by atoms with E-state index in [2.05, 4.69) is 12.2 Å². The van der Waals surface area contributed by atoms with Gasteiger partial charge in [-0.15, -0.1) is 0 Å². The Hall–Kier alpha value is -0.440. The third-order valence-electron chi connectivity index (χ3n) is 1.86. The molecule has 15 heavy (non-hydrogen) atoms. The predicted octanol–water partition coefficient (Wildman–Crippen LogP) is 3.83. The van der Waals surface area contributed by atoms with Crippen molar-refractivity contribution in [2.75, 3.05) is 25.1 Å². The second-order valence-corrected chi connectivity index (χ2v) is 3.93. The summed E-state index contributed by atoms with van der Waals surface area (Å²) in [5, 5.41) is 4.30. The van der Waals surface area contributed by atoms with Crippen LogP contribution in [0.3, 0.4) is 0 Å². The minimum Gasteiger partial charge on any atom is -0.381 e. The minimum atomic E-state index is 0.564. The zero-order chi connectivity index (χ0) is 11.1. The molecule has 0 fully saturated rings. The van der Waals surface area contributed by atoms with Gasteiger partial charge in [-0.25, -0.2) is 0 Å². The van der Waals surface area contributed by atoms with E-state index in [0.29, 0.717) is 16.7 Å². The highest BCUT2D eigenvalue weighted by molar-refractivity contribution is 6.43. The van der Waals surface area contributed by atoms with Gasteiger partial charge in [0, 0.05) is 13.2 Å². The molecule has 1 rings (SSSR count). The zero-order valence-corrected chi connectivity index (χ0v) is 10.2. The van der Waals surface area contributed by atoms with Gasteiger partial charge in [0.2, 0.25) is 0 Å². The van der Waals surface area contributed by atoms with E-state index in [1.165, 1.54) is 0 Å². The lowest BCUT2D eigenvalue weighted by Crippen LogP contribution is -2.10. The van der Waals surface area contributed by atoms with Crippen LogP contribution in [0.5, 0.6) is 0 Å². The number of hydrogen-bond donors (Lipinski definition) is 1. The summed E-state index contributed by atoms with van der Waals surface area (Å²) in [6.07, 6.45) is 1.04. The number of rotatable bonds is 6. The third kappa shape index (κ3) is 4.29. The van der Waals surface area contributed by atoms with Crippen molar-refractivity contribution in [2.24, 2.45) is 0 Å². The molecule has 1 N–H and O–H groups in total. The van der Waals surface area contributed by atoms with Crippen LogP contribution in [-0.2, 0) is 4.74 Å². The minimum absolute atomic E-state index is 0.564. The second kappa shape index (κ2) is 6.94. The van der Waals surface area contributed by atoms with Crippen molar-refractivity contribution in [3.05, 3.63) is 28.2 Å². The van der Waals surface area contributed by atoms with E-state index in [1.54, 1.807) is 6.07 Å². The fourth-order valence-electron chi connectivity index (χ4n) is 1.14. The van der Waals surface area contributed by atoms with E-state index in [-0.39, 0.29) is 0 Å². The highest BCUT2D eigenvalue weighted by Gasteiger charge is 2.02. The molecule has 0 bridgehead atoms. The van der Waals surface area contributed by atoms with E-state index in [0.717, 1.165) is 25.3 Å². The fourth-order valence-corrected chi connectivity index (χ4v) is 1.51. The maximum Gasteiger partial charge on any atom is 0.0823 e. The van der Waals surface area contributed by atoms with Gasteiger partial charge in [-0.2, -0.15) is 0 Å². The monoisotopic (exact) mass is 247 g/mol. The molecule has 0 aromatic heterocycles. The van der Waals surface area contributed by atoms with Crippen molar-refractivity contribution in [1.29, 1.82) is 0 Å². The fraction of sp³-hybridized carbons (Fsp3) is 0.455. The van der Waals surface area contributed by atoms with Crippen molar-refractivity contribution >= 4 is 28.9 Å². The average molecular weight is 248 g/mol. The summed E-state index contributed by atoms with van der Waals surface area (Å²) in [6.45, 7) is 4.29. The molecule has 0 aliphatic carbocycles. The largest absolute Gasteiger partial charge is 0.381 e. The summed E-state index contributed by atoms with van der Waals surface area (Å²) in [4.78, 5) is 0. The second-order valence-electron chi connectivity index (χ2n) is 3.14. The molecule has 1 aromatic rings. The van der Waals surface area contributed by atoms with E-state index in [9.17, 15) is 0 Å². The first-order valence-electron chi connectivity index (χ1n) is 5.01. The topological polar surface area (TPSA) is 21.3 Å². The van der Waals surface area contributed by atoms with Crippen molar-refractivity contribution in [2.45, 2.75) is 13.3 Å². The van der Waals surface area contributed by atoms with Crippen molar-refractivity contribution in [3.63, 3.8) is 0 Å². The van der Waals surface area contributed by atoms with Gasteiger partial charge in [-0.05, 0) is 18.6 Å². The lowest BCUT2D eigenvalue weighted by molar-refractivity contribution is 0.144. The van der Waals surface area contributed by atoms with E-state index < -0.39 is 0 Å². The Morgan fingerprint density at radius 1 is 1.27 bits per heavy atom. The zero-order valence-electron chi connectivity index (χ0n) is 8.72. The van der Waals surface area contributed by atoms with Crippen LogP contribution >= 0.6 is 23.2 Å². The molecular formula is C11H15Cl2NO. The Morgan fingerprint density at radius 3 is 2.80 bits per heavy atom. The summed E-state index contributed by atoms with van der Waals surface area (Å²) >= 11 is 11.9. The molecule has 0 saturated carbocycles. The molecule has 0 spiro atoms. The first-order chi connectivity index (χ1) is 7.25. The molecule has 0 aliphatic rings. The Kier molecular flexibility index (Phi) is 5.84. The maximum atomic E-state index is 6.00. The van der Waals surface area contributed by atoms with Gasteiger partial charge in [0.25, 0.3) is 0 Å². The molecule has 4 heteroatoms. The van der Waals surface area contributed by atoms with Gasteiger partial charge >= 0.3 is 0 Å². The smallest absolute Gasteiger partial charge is 0.0823 e. The molecule has 0 radical (unpaired) electrons. The van der Waals surface area contributed by atoms with Crippen LogP contribution in [0.1, 0.15) is 13.3 Å². The Bertz CT molecular complexity index is 305. The molecule has 84 valence electrons. The molecule has 0 heterocycles. The number of nitrogens with one attached hydrogen (secondary N) is 1. The molecule has 0 atom stereocenters. The number of anilines is 1. The van der Waals surface area contributed by atoms with Crippen LogP contribution in [0.15, 0.2) is 18.2 Å². The van der Waals surface area contributed by atoms with Crippen LogP contribution in [-0.4, -0.2) is 19.8 Å². The van der Waals surface area contributed by atoms with Crippen LogP contribution in [0.25, 0.3) is 0 Å². The van der Waals surface area contributed by atoms with Crippen LogP contribution < -0.4 is 5.32 Å². The Labute approximate surface area is 101 Å². The van der Waals surface area contributed by atoms with E-state index in [1.807, 2.05) is 12.1 Å². The lowest BCUT2D eigenvalue weighted by Gasteiger charge is -2.09. The average Bonchev–Trinajstić information content (AvgIpc) is 2.24. The molecule has 0 saturated heterocycles. The normalized spacial score (nSPS) is 10.3. The summed E-state index contributed by atoms with van der Waals surface area (Å²) in [5.74, 6) is 0. The molecule has 0 unspecified atom stereocenters. The summed E-state index contributed by atoms with van der Waals surface area (Å²) in [6, 6.07) is 5.53. The maximum absolute atomic E-state index is 6.00. The molecule has 2 nitrogen and oxygen atoms in total. The van der Waals surface area contributed by atoms with E-state index >= 15 is 0 Å². The van der Waals surface area contributed by atoms with Gasteiger partial charge in [-0.1, -0.05) is 36.2 Å².